The Morgan fingerprint density at radius 2 is 1.41 bits per heavy atom. The van der Waals surface area contributed by atoms with Gasteiger partial charge in [0.25, 0.3) is 11.1 Å². The average Bonchev–Trinajstić information content (AvgIpc) is 2.78. The highest BCUT2D eigenvalue weighted by molar-refractivity contribution is 5.75. The van der Waals surface area contributed by atoms with Crippen molar-refractivity contribution in [1.29, 1.82) is 0 Å². The first-order valence-corrected chi connectivity index (χ1v) is 10.4. The van der Waals surface area contributed by atoms with Crippen molar-refractivity contribution in [1.82, 2.24) is 19.4 Å². The van der Waals surface area contributed by atoms with E-state index in [1.807, 2.05) is 79.7 Å². The fourth-order valence-corrected chi connectivity index (χ4v) is 3.28. The zero-order valence-corrected chi connectivity index (χ0v) is 18.6. The molecule has 3 aromatic rings. The van der Waals surface area contributed by atoms with Gasteiger partial charge in [-0.1, -0.05) is 60.7 Å². The molecule has 0 aliphatic heterocycles. The van der Waals surface area contributed by atoms with Crippen LogP contribution in [-0.2, 0) is 18.4 Å². The SMILES string of the molecule is CN(C)CCNC(=O)Cn1c(=O)/c(=C/c2ccccc2)n(C)c(=O)/c1=C/c1ccccc1. The molecule has 166 valence electrons. The monoisotopic (exact) mass is 432 g/mol. The average molecular weight is 433 g/mol. The van der Waals surface area contributed by atoms with Crippen molar-refractivity contribution in [3.63, 3.8) is 0 Å². The predicted molar refractivity (Wildman–Crippen MR) is 127 cm³/mol. The van der Waals surface area contributed by atoms with Crippen LogP contribution in [0.15, 0.2) is 70.3 Å². The van der Waals surface area contributed by atoms with Gasteiger partial charge in [0.05, 0.1) is 0 Å². The molecule has 0 atom stereocenters. The standard InChI is InChI=1S/C25H28N4O3/c1-27(2)15-14-26-23(30)18-29-22(17-20-12-8-5-9-13-20)24(31)28(3)21(25(29)32)16-19-10-6-4-7-11-19/h4-13,16-17H,14-15,18H2,1-3H3,(H,26,30)/b21-16-,22-17-. The summed E-state index contributed by atoms with van der Waals surface area (Å²) in [5.41, 5.74) is 0.810. The van der Waals surface area contributed by atoms with Crippen LogP contribution in [0.5, 0.6) is 0 Å². The predicted octanol–water partition coefficient (Wildman–Crippen LogP) is -0.118. The Morgan fingerprint density at radius 3 is 1.94 bits per heavy atom. The number of nitrogens with zero attached hydrogens (tertiary/aromatic N) is 3. The molecule has 1 amide bonds. The highest BCUT2D eigenvalue weighted by atomic mass is 16.2. The van der Waals surface area contributed by atoms with Crippen LogP contribution in [0.4, 0.5) is 0 Å². The number of carbonyl (C=O) groups excluding carboxylic acids is 1. The maximum atomic E-state index is 13.4. The van der Waals surface area contributed by atoms with Gasteiger partial charge in [-0.15, -0.1) is 0 Å². The third-order valence-corrected chi connectivity index (χ3v) is 5.03. The molecule has 2 aromatic carbocycles. The molecule has 0 spiro atoms. The Kier molecular flexibility index (Phi) is 7.57. The number of hydrogen-bond donors (Lipinski definition) is 1. The molecule has 3 rings (SSSR count). The second-order valence-electron chi connectivity index (χ2n) is 7.79. The first kappa shape index (κ1) is 23.0. The van der Waals surface area contributed by atoms with E-state index >= 15 is 0 Å². The molecule has 0 aliphatic rings. The number of benzene rings is 2. The second kappa shape index (κ2) is 10.5. The Hall–Kier alpha value is -3.71. The molecular formula is C25H28N4O3. The zero-order chi connectivity index (χ0) is 23.1. The lowest BCUT2D eigenvalue weighted by Gasteiger charge is -2.12. The van der Waals surface area contributed by atoms with Gasteiger partial charge in [0, 0.05) is 20.1 Å². The van der Waals surface area contributed by atoms with E-state index in [1.165, 1.54) is 9.13 Å². The Bertz CT molecular complexity index is 1310. The van der Waals surface area contributed by atoms with Gasteiger partial charge in [0.15, 0.2) is 0 Å². The van der Waals surface area contributed by atoms with E-state index in [1.54, 1.807) is 19.2 Å². The molecular weight excluding hydrogens is 404 g/mol. The second-order valence-corrected chi connectivity index (χ2v) is 7.79. The first-order chi connectivity index (χ1) is 15.4. The number of amides is 1. The third kappa shape index (κ3) is 5.70. The van der Waals surface area contributed by atoms with Crippen LogP contribution in [0.1, 0.15) is 11.1 Å². The molecule has 32 heavy (non-hydrogen) atoms. The van der Waals surface area contributed by atoms with Gasteiger partial charge in [0.1, 0.15) is 17.2 Å². The molecule has 1 N–H and O–H groups in total. The summed E-state index contributed by atoms with van der Waals surface area (Å²) in [6.07, 6.45) is 3.31. The van der Waals surface area contributed by atoms with Crippen molar-refractivity contribution in [2.45, 2.75) is 6.54 Å². The van der Waals surface area contributed by atoms with E-state index in [0.29, 0.717) is 13.1 Å². The minimum Gasteiger partial charge on any atom is -0.353 e. The Labute approximate surface area is 186 Å². The Balaban J connectivity index is 2.18. The van der Waals surface area contributed by atoms with Crippen LogP contribution in [-0.4, -0.2) is 47.1 Å². The molecule has 0 unspecified atom stereocenters. The first-order valence-electron chi connectivity index (χ1n) is 10.4. The van der Waals surface area contributed by atoms with Crippen molar-refractivity contribution in [2.24, 2.45) is 7.05 Å². The summed E-state index contributed by atoms with van der Waals surface area (Å²) >= 11 is 0. The minimum atomic E-state index is -0.402. The van der Waals surface area contributed by atoms with Crippen LogP contribution in [0.3, 0.4) is 0 Å². The molecule has 0 radical (unpaired) electrons. The number of hydrogen-bond acceptors (Lipinski definition) is 4. The molecule has 0 aliphatic carbocycles. The topological polar surface area (TPSA) is 76.3 Å². The van der Waals surface area contributed by atoms with Crippen LogP contribution < -0.4 is 27.1 Å². The number of aromatic nitrogens is 2. The van der Waals surface area contributed by atoms with Gasteiger partial charge in [-0.2, -0.15) is 0 Å². The third-order valence-electron chi connectivity index (χ3n) is 5.03. The van der Waals surface area contributed by atoms with Gasteiger partial charge >= 0.3 is 0 Å². The molecule has 7 nitrogen and oxygen atoms in total. The highest BCUT2D eigenvalue weighted by Gasteiger charge is 2.12. The number of nitrogens with one attached hydrogen (secondary N) is 1. The highest BCUT2D eigenvalue weighted by Crippen LogP contribution is 1.98. The quantitative estimate of drug-likeness (QED) is 0.565. The van der Waals surface area contributed by atoms with Crippen molar-refractivity contribution in [3.05, 3.63) is 103 Å². The van der Waals surface area contributed by atoms with E-state index in [2.05, 4.69) is 5.32 Å². The molecule has 1 heterocycles. The molecule has 0 bridgehead atoms. The summed E-state index contributed by atoms with van der Waals surface area (Å²) in [6.45, 7) is 0.885. The van der Waals surface area contributed by atoms with E-state index in [4.69, 9.17) is 0 Å². The number of rotatable bonds is 7. The molecule has 0 saturated heterocycles. The van der Waals surface area contributed by atoms with E-state index < -0.39 is 5.56 Å². The van der Waals surface area contributed by atoms with Gasteiger partial charge in [-0.25, -0.2) is 0 Å². The Morgan fingerprint density at radius 1 is 0.875 bits per heavy atom. The lowest BCUT2D eigenvalue weighted by Crippen LogP contribution is -2.58. The van der Waals surface area contributed by atoms with Gasteiger partial charge in [0.2, 0.25) is 5.91 Å². The molecule has 0 saturated carbocycles. The van der Waals surface area contributed by atoms with Crippen LogP contribution >= 0.6 is 0 Å². The molecule has 0 fully saturated rings. The van der Waals surface area contributed by atoms with E-state index in [9.17, 15) is 14.4 Å². The number of likely N-dealkylation sites (N-methyl/N-ethyl adjacent to an activating group) is 1. The van der Waals surface area contributed by atoms with Crippen LogP contribution in [0.25, 0.3) is 12.2 Å². The van der Waals surface area contributed by atoms with Gasteiger partial charge < -0.3 is 14.8 Å². The molecule has 7 heteroatoms. The van der Waals surface area contributed by atoms with Crippen molar-refractivity contribution in [2.75, 3.05) is 27.2 Å². The zero-order valence-electron chi connectivity index (χ0n) is 18.6. The summed E-state index contributed by atoms with van der Waals surface area (Å²) < 4.78 is 2.60. The molecule has 1 aromatic heterocycles. The minimum absolute atomic E-state index is 0.164. The fraction of sp³-hybridized carbons (Fsp3) is 0.240. The summed E-state index contributed by atoms with van der Waals surface area (Å²) in [4.78, 5) is 41.2. The van der Waals surface area contributed by atoms with Gasteiger partial charge in [-0.3, -0.25) is 19.0 Å². The number of carbonyl (C=O) groups is 1. The summed E-state index contributed by atoms with van der Waals surface area (Å²) in [5, 5.41) is 3.19. The lowest BCUT2D eigenvalue weighted by molar-refractivity contribution is -0.121. The van der Waals surface area contributed by atoms with Gasteiger partial charge in [-0.05, 0) is 37.4 Å². The van der Waals surface area contributed by atoms with Crippen LogP contribution in [0.2, 0.25) is 0 Å². The van der Waals surface area contributed by atoms with Crippen molar-refractivity contribution in [3.8, 4) is 0 Å². The summed E-state index contributed by atoms with van der Waals surface area (Å²) in [7, 11) is 5.40. The van der Waals surface area contributed by atoms with Crippen LogP contribution in [0, 0.1) is 0 Å². The van der Waals surface area contributed by atoms with E-state index in [0.717, 1.165) is 11.1 Å². The van der Waals surface area contributed by atoms with E-state index in [-0.39, 0.29) is 28.7 Å². The maximum Gasteiger partial charge on any atom is 0.275 e. The largest absolute Gasteiger partial charge is 0.353 e. The smallest absolute Gasteiger partial charge is 0.275 e. The fourth-order valence-electron chi connectivity index (χ4n) is 3.28. The summed E-state index contributed by atoms with van der Waals surface area (Å²) in [5.74, 6) is -0.324. The normalized spacial score (nSPS) is 12.4. The summed E-state index contributed by atoms with van der Waals surface area (Å²) in [6, 6.07) is 18.6. The van der Waals surface area contributed by atoms with Crippen molar-refractivity contribution >= 4 is 18.1 Å². The van der Waals surface area contributed by atoms with Crippen molar-refractivity contribution < 1.29 is 4.79 Å². The lowest BCUT2D eigenvalue weighted by atomic mass is 10.2. The maximum absolute atomic E-state index is 13.4.